The molecular weight excluding hydrogens is 422 g/mol. The Kier molecular flexibility index (Phi) is 6.70. The number of piperidine rings is 1. The number of likely N-dealkylation sites (tertiary alicyclic amines) is 1. The summed E-state index contributed by atoms with van der Waals surface area (Å²) < 4.78 is 7.43. The molecule has 30 heavy (non-hydrogen) atoms. The van der Waals surface area contributed by atoms with Gasteiger partial charge in [0, 0.05) is 23.7 Å². The normalized spacial score (nSPS) is 24.5. The number of carbonyl (C=O) groups is 1. The van der Waals surface area contributed by atoms with E-state index in [0.717, 1.165) is 38.7 Å². The van der Waals surface area contributed by atoms with E-state index in [-0.39, 0.29) is 35.4 Å². The summed E-state index contributed by atoms with van der Waals surface area (Å²) >= 11 is 7.46. The lowest BCUT2D eigenvalue weighted by atomic mass is 9.98. The van der Waals surface area contributed by atoms with Crippen LogP contribution in [-0.4, -0.2) is 50.9 Å². The van der Waals surface area contributed by atoms with Crippen LogP contribution in [0.5, 0.6) is 0 Å². The number of halogens is 1. The van der Waals surface area contributed by atoms with Crippen LogP contribution >= 0.6 is 23.4 Å². The van der Waals surface area contributed by atoms with Crippen LogP contribution in [0.2, 0.25) is 5.02 Å². The molecule has 2 fully saturated rings. The van der Waals surface area contributed by atoms with Crippen molar-refractivity contribution in [2.24, 2.45) is 0 Å². The largest absolute Gasteiger partial charge is 0.376 e. The second kappa shape index (κ2) is 9.28. The summed E-state index contributed by atoms with van der Waals surface area (Å²) in [5, 5.41) is 1.62. The molecule has 0 spiro atoms. The molecular formula is C22H28ClN3O3S. The number of benzene rings is 1. The molecule has 4 rings (SSSR count). The highest BCUT2D eigenvalue weighted by atomic mass is 35.5. The molecule has 0 radical (unpaired) electrons. The van der Waals surface area contributed by atoms with Crippen molar-refractivity contribution in [3.63, 3.8) is 0 Å². The van der Waals surface area contributed by atoms with Crippen LogP contribution in [0, 0.1) is 0 Å². The molecule has 3 unspecified atom stereocenters. The summed E-state index contributed by atoms with van der Waals surface area (Å²) in [4.78, 5) is 32.9. The number of amides is 1. The van der Waals surface area contributed by atoms with Crippen LogP contribution < -0.4 is 5.56 Å². The molecule has 0 saturated carbocycles. The van der Waals surface area contributed by atoms with E-state index >= 15 is 0 Å². The SMILES string of the molecule is CC1CCCC(C)N1C(=O)CSc1nc2cc(Cl)ccc2c(=O)n1CC1CCCO1. The zero-order valence-electron chi connectivity index (χ0n) is 17.5. The Hall–Kier alpha value is -1.57. The molecule has 3 heterocycles. The molecule has 1 aromatic heterocycles. The van der Waals surface area contributed by atoms with Crippen LogP contribution in [-0.2, 0) is 16.1 Å². The Bertz CT molecular complexity index is 979. The smallest absolute Gasteiger partial charge is 0.262 e. The van der Waals surface area contributed by atoms with Gasteiger partial charge in [0.25, 0.3) is 5.56 Å². The molecule has 6 nitrogen and oxygen atoms in total. The Balaban J connectivity index is 1.62. The number of rotatable bonds is 5. The van der Waals surface area contributed by atoms with E-state index in [0.29, 0.717) is 27.6 Å². The van der Waals surface area contributed by atoms with Gasteiger partial charge in [-0.2, -0.15) is 0 Å². The molecule has 2 aromatic rings. The molecule has 2 aliphatic rings. The standard InChI is InChI=1S/C22H28ClN3O3S/c1-14-5-3-6-15(2)26(14)20(27)13-30-22-24-19-11-16(23)8-9-18(19)21(28)25(22)12-17-7-4-10-29-17/h8-9,11,14-15,17H,3-7,10,12-13H2,1-2H3. The number of carbonyl (C=O) groups excluding carboxylic acids is 1. The highest BCUT2D eigenvalue weighted by Gasteiger charge is 2.29. The van der Waals surface area contributed by atoms with Crippen molar-refractivity contribution in [1.82, 2.24) is 14.5 Å². The van der Waals surface area contributed by atoms with E-state index in [1.54, 1.807) is 22.8 Å². The fourth-order valence-corrected chi connectivity index (χ4v) is 5.59. The van der Waals surface area contributed by atoms with Crippen molar-refractivity contribution in [2.45, 2.75) is 75.8 Å². The number of ether oxygens (including phenoxy) is 1. The van der Waals surface area contributed by atoms with E-state index in [2.05, 4.69) is 13.8 Å². The second-order valence-corrected chi connectivity index (χ2v) is 9.70. The average molecular weight is 450 g/mol. The lowest BCUT2D eigenvalue weighted by Crippen LogP contribution is -2.48. The maximum atomic E-state index is 13.2. The highest BCUT2D eigenvalue weighted by Crippen LogP contribution is 2.26. The van der Waals surface area contributed by atoms with Crippen molar-refractivity contribution < 1.29 is 9.53 Å². The van der Waals surface area contributed by atoms with Crippen molar-refractivity contribution in [2.75, 3.05) is 12.4 Å². The van der Waals surface area contributed by atoms with Gasteiger partial charge in [-0.1, -0.05) is 23.4 Å². The summed E-state index contributed by atoms with van der Waals surface area (Å²) in [6.07, 6.45) is 5.17. The molecule has 8 heteroatoms. The number of hydrogen-bond acceptors (Lipinski definition) is 5. The minimum atomic E-state index is -0.109. The second-order valence-electron chi connectivity index (χ2n) is 8.33. The van der Waals surface area contributed by atoms with Crippen molar-refractivity contribution in [3.05, 3.63) is 33.6 Å². The fourth-order valence-electron chi connectivity index (χ4n) is 4.55. The summed E-state index contributed by atoms with van der Waals surface area (Å²) in [7, 11) is 0. The number of fused-ring (bicyclic) bond motifs is 1. The molecule has 162 valence electrons. The third-order valence-electron chi connectivity index (χ3n) is 6.10. The van der Waals surface area contributed by atoms with Gasteiger partial charge >= 0.3 is 0 Å². The Morgan fingerprint density at radius 2 is 2.00 bits per heavy atom. The first-order chi connectivity index (χ1) is 14.4. The summed E-state index contributed by atoms with van der Waals surface area (Å²) in [5.41, 5.74) is 0.451. The van der Waals surface area contributed by atoms with Gasteiger partial charge in [-0.05, 0) is 64.2 Å². The van der Waals surface area contributed by atoms with Crippen LogP contribution in [0.25, 0.3) is 10.9 Å². The molecule has 2 saturated heterocycles. The summed E-state index contributed by atoms with van der Waals surface area (Å²) in [5.74, 6) is 0.363. The molecule has 2 aliphatic heterocycles. The van der Waals surface area contributed by atoms with Crippen molar-refractivity contribution >= 4 is 40.2 Å². The zero-order valence-corrected chi connectivity index (χ0v) is 19.0. The van der Waals surface area contributed by atoms with Gasteiger partial charge in [0.2, 0.25) is 5.91 Å². The summed E-state index contributed by atoms with van der Waals surface area (Å²) in [6.45, 7) is 5.41. The molecule has 1 amide bonds. The Labute approximate surface area is 185 Å². The number of hydrogen-bond donors (Lipinski definition) is 0. The molecule has 0 bridgehead atoms. The Morgan fingerprint density at radius 3 is 2.70 bits per heavy atom. The first kappa shape index (κ1) is 21.7. The van der Waals surface area contributed by atoms with Gasteiger partial charge in [0.05, 0.1) is 29.3 Å². The van der Waals surface area contributed by atoms with E-state index in [1.165, 1.54) is 11.8 Å². The molecule has 0 N–H and O–H groups in total. The number of nitrogens with zero attached hydrogens (tertiary/aromatic N) is 3. The Morgan fingerprint density at radius 1 is 1.23 bits per heavy atom. The lowest BCUT2D eigenvalue weighted by molar-refractivity contribution is -0.134. The van der Waals surface area contributed by atoms with Gasteiger partial charge < -0.3 is 9.64 Å². The van der Waals surface area contributed by atoms with Gasteiger partial charge in [-0.25, -0.2) is 4.98 Å². The van der Waals surface area contributed by atoms with E-state index < -0.39 is 0 Å². The average Bonchev–Trinajstić information content (AvgIpc) is 3.22. The van der Waals surface area contributed by atoms with Crippen LogP contribution in [0.1, 0.15) is 46.0 Å². The van der Waals surface area contributed by atoms with Crippen LogP contribution in [0.4, 0.5) is 0 Å². The first-order valence-corrected chi connectivity index (χ1v) is 12.1. The van der Waals surface area contributed by atoms with E-state index in [1.807, 2.05) is 4.90 Å². The minimum absolute atomic E-state index is 0.00596. The van der Waals surface area contributed by atoms with Gasteiger partial charge in [-0.3, -0.25) is 14.2 Å². The molecule has 1 aromatic carbocycles. The van der Waals surface area contributed by atoms with Crippen LogP contribution in [0.15, 0.2) is 28.2 Å². The van der Waals surface area contributed by atoms with Gasteiger partial charge in [-0.15, -0.1) is 0 Å². The molecule has 3 atom stereocenters. The predicted octanol–water partition coefficient (Wildman–Crippen LogP) is 4.11. The van der Waals surface area contributed by atoms with Gasteiger partial charge in [0.15, 0.2) is 5.16 Å². The first-order valence-electron chi connectivity index (χ1n) is 10.7. The maximum absolute atomic E-state index is 13.2. The van der Waals surface area contributed by atoms with Crippen LogP contribution in [0.3, 0.4) is 0 Å². The quantitative estimate of drug-likeness (QED) is 0.507. The monoisotopic (exact) mass is 449 g/mol. The number of aromatic nitrogens is 2. The van der Waals surface area contributed by atoms with Crippen molar-refractivity contribution in [3.8, 4) is 0 Å². The highest BCUT2D eigenvalue weighted by molar-refractivity contribution is 7.99. The molecule has 0 aliphatic carbocycles. The third kappa shape index (κ3) is 4.53. The topological polar surface area (TPSA) is 64.4 Å². The third-order valence-corrected chi connectivity index (χ3v) is 7.30. The zero-order chi connectivity index (χ0) is 21.3. The number of thioether (sulfide) groups is 1. The minimum Gasteiger partial charge on any atom is -0.376 e. The summed E-state index contributed by atoms with van der Waals surface area (Å²) in [6, 6.07) is 5.63. The van der Waals surface area contributed by atoms with Gasteiger partial charge in [0.1, 0.15) is 0 Å². The fraction of sp³-hybridized carbons (Fsp3) is 0.591. The van der Waals surface area contributed by atoms with Crippen molar-refractivity contribution in [1.29, 1.82) is 0 Å². The predicted molar refractivity (Wildman–Crippen MR) is 120 cm³/mol. The van der Waals surface area contributed by atoms with E-state index in [9.17, 15) is 9.59 Å². The maximum Gasteiger partial charge on any atom is 0.262 e. The van der Waals surface area contributed by atoms with E-state index in [4.69, 9.17) is 21.3 Å². The lowest BCUT2D eigenvalue weighted by Gasteiger charge is -2.39.